The van der Waals surface area contributed by atoms with Gasteiger partial charge in [-0.25, -0.2) is 0 Å². The molecule has 18 heavy (non-hydrogen) atoms. The summed E-state index contributed by atoms with van der Waals surface area (Å²) in [6.45, 7) is 8.99. The third-order valence-corrected chi connectivity index (χ3v) is 5.05. The highest BCUT2D eigenvalue weighted by molar-refractivity contribution is 4.87. The van der Waals surface area contributed by atoms with E-state index in [9.17, 15) is 5.11 Å². The Bertz CT molecular complexity index is 272. The fourth-order valence-corrected chi connectivity index (χ4v) is 3.72. The van der Waals surface area contributed by atoms with Gasteiger partial charge in [-0.1, -0.05) is 13.8 Å². The van der Waals surface area contributed by atoms with Gasteiger partial charge in [-0.2, -0.15) is 0 Å². The van der Waals surface area contributed by atoms with Gasteiger partial charge in [0.2, 0.25) is 0 Å². The molecule has 2 fully saturated rings. The van der Waals surface area contributed by atoms with E-state index in [0.717, 1.165) is 31.1 Å². The van der Waals surface area contributed by atoms with Crippen LogP contribution in [-0.4, -0.2) is 22.9 Å². The molecular formula is C16H30O2. The van der Waals surface area contributed by atoms with Crippen LogP contribution >= 0.6 is 0 Å². The van der Waals surface area contributed by atoms with Gasteiger partial charge in [-0.05, 0) is 70.1 Å². The largest absolute Gasteiger partial charge is 0.393 e. The van der Waals surface area contributed by atoms with E-state index in [1.54, 1.807) is 0 Å². The summed E-state index contributed by atoms with van der Waals surface area (Å²) in [7, 11) is 0. The Hall–Kier alpha value is -0.0800. The van der Waals surface area contributed by atoms with Crippen molar-refractivity contribution in [2.45, 2.75) is 84.0 Å². The topological polar surface area (TPSA) is 29.5 Å². The molecule has 0 amide bonds. The first-order valence-corrected chi connectivity index (χ1v) is 7.73. The van der Waals surface area contributed by atoms with Crippen LogP contribution in [-0.2, 0) is 4.74 Å². The predicted octanol–water partition coefficient (Wildman–Crippen LogP) is 3.77. The first-order chi connectivity index (χ1) is 8.37. The standard InChI is InChI=1S/C16H30O2/c1-11(2)12-5-6-15(17)13(9-12)10-14-7-8-16(3,4)18-14/h11-15,17H,5-10H2,1-4H3. The first-order valence-electron chi connectivity index (χ1n) is 7.73. The van der Waals surface area contributed by atoms with Gasteiger partial charge in [0.05, 0.1) is 17.8 Å². The van der Waals surface area contributed by atoms with Crippen molar-refractivity contribution in [3.05, 3.63) is 0 Å². The molecule has 4 atom stereocenters. The van der Waals surface area contributed by atoms with Crippen molar-refractivity contribution in [2.75, 3.05) is 0 Å². The maximum absolute atomic E-state index is 10.2. The van der Waals surface area contributed by atoms with E-state index in [-0.39, 0.29) is 11.7 Å². The molecule has 1 saturated heterocycles. The number of aliphatic hydroxyl groups is 1. The Kier molecular flexibility index (Phi) is 4.38. The van der Waals surface area contributed by atoms with Gasteiger partial charge in [0.25, 0.3) is 0 Å². The van der Waals surface area contributed by atoms with E-state index >= 15 is 0 Å². The molecule has 2 heteroatoms. The Balaban J connectivity index is 1.87. The molecule has 1 N–H and O–H groups in total. The second-order valence-corrected chi connectivity index (χ2v) is 7.42. The van der Waals surface area contributed by atoms with Crippen molar-refractivity contribution in [3.8, 4) is 0 Å². The van der Waals surface area contributed by atoms with Crippen LogP contribution in [0.1, 0.15) is 66.2 Å². The lowest BCUT2D eigenvalue weighted by Gasteiger charge is -2.36. The minimum absolute atomic E-state index is 0.0573. The number of ether oxygens (including phenoxy) is 1. The summed E-state index contributed by atoms with van der Waals surface area (Å²) >= 11 is 0. The second kappa shape index (κ2) is 5.50. The van der Waals surface area contributed by atoms with Crippen molar-refractivity contribution < 1.29 is 9.84 Å². The summed E-state index contributed by atoms with van der Waals surface area (Å²) in [6, 6.07) is 0. The molecule has 0 aromatic heterocycles. The Morgan fingerprint density at radius 2 is 1.94 bits per heavy atom. The van der Waals surface area contributed by atoms with Crippen LogP contribution in [0.3, 0.4) is 0 Å². The third-order valence-electron chi connectivity index (χ3n) is 5.05. The molecular weight excluding hydrogens is 224 g/mol. The molecule has 0 aromatic rings. The van der Waals surface area contributed by atoms with Gasteiger partial charge in [-0.15, -0.1) is 0 Å². The molecule has 1 aliphatic heterocycles. The smallest absolute Gasteiger partial charge is 0.0631 e. The molecule has 1 heterocycles. The number of rotatable bonds is 3. The third kappa shape index (κ3) is 3.48. The van der Waals surface area contributed by atoms with E-state index in [1.807, 2.05) is 0 Å². The maximum Gasteiger partial charge on any atom is 0.0631 e. The maximum atomic E-state index is 10.2. The fraction of sp³-hybridized carbons (Fsp3) is 1.00. The van der Waals surface area contributed by atoms with Crippen LogP contribution in [0.15, 0.2) is 0 Å². The molecule has 0 radical (unpaired) electrons. The lowest BCUT2D eigenvalue weighted by molar-refractivity contribution is -0.0467. The SMILES string of the molecule is CC(C)C1CCC(O)C(CC2CCC(C)(C)O2)C1. The quantitative estimate of drug-likeness (QED) is 0.831. The van der Waals surface area contributed by atoms with E-state index in [4.69, 9.17) is 4.74 Å². The van der Waals surface area contributed by atoms with Crippen molar-refractivity contribution in [3.63, 3.8) is 0 Å². The minimum atomic E-state index is -0.0905. The summed E-state index contributed by atoms with van der Waals surface area (Å²) in [6.07, 6.45) is 7.07. The van der Waals surface area contributed by atoms with Crippen molar-refractivity contribution in [2.24, 2.45) is 17.8 Å². The summed E-state index contributed by atoms with van der Waals surface area (Å²) in [5.74, 6) is 2.01. The number of hydrogen-bond acceptors (Lipinski definition) is 2. The summed E-state index contributed by atoms with van der Waals surface area (Å²) < 4.78 is 6.08. The molecule has 0 bridgehead atoms. The van der Waals surface area contributed by atoms with E-state index < -0.39 is 0 Å². The monoisotopic (exact) mass is 254 g/mol. The van der Waals surface area contributed by atoms with Gasteiger partial charge in [0.1, 0.15) is 0 Å². The molecule has 2 rings (SSSR count). The Morgan fingerprint density at radius 1 is 1.22 bits per heavy atom. The second-order valence-electron chi connectivity index (χ2n) is 7.42. The van der Waals surface area contributed by atoms with E-state index in [0.29, 0.717) is 12.0 Å². The normalized spacial score (nSPS) is 40.3. The molecule has 2 nitrogen and oxygen atoms in total. The number of hydrogen-bond donors (Lipinski definition) is 1. The fourth-order valence-electron chi connectivity index (χ4n) is 3.72. The zero-order valence-electron chi connectivity index (χ0n) is 12.5. The zero-order chi connectivity index (χ0) is 13.3. The number of aliphatic hydroxyl groups excluding tert-OH is 1. The summed E-state index contributed by atoms with van der Waals surface area (Å²) in [5, 5.41) is 10.2. The van der Waals surface area contributed by atoms with Crippen LogP contribution in [0.5, 0.6) is 0 Å². The highest BCUT2D eigenvalue weighted by Gasteiger charge is 2.37. The molecule has 1 aliphatic carbocycles. The molecule has 1 saturated carbocycles. The van der Waals surface area contributed by atoms with E-state index in [1.165, 1.54) is 19.3 Å². The summed E-state index contributed by atoms with van der Waals surface area (Å²) in [5.41, 5.74) is 0.0573. The highest BCUT2D eigenvalue weighted by Crippen LogP contribution is 2.39. The minimum Gasteiger partial charge on any atom is -0.393 e. The predicted molar refractivity (Wildman–Crippen MR) is 74.5 cm³/mol. The van der Waals surface area contributed by atoms with Gasteiger partial charge >= 0.3 is 0 Å². The van der Waals surface area contributed by atoms with Gasteiger partial charge in [0.15, 0.2) is 0 Å². The van der Waals surface area contributed by atoms with Crippen LogP contribution in [0, 0.1) is 17.8 Å². The average Bonchev–Trinajstić information content (AvgIpc) is 2.61. The lowest BCUT2D eigenvalue weighted by atomic mass is 9.73. The van der Waals surface area contributed by atoms with Gasteiger partial charge < -0.3 is 9.84 Å². The first kappa shape index (κ1) is 14.3. The van der Waals surface area contributed by atoms with Gasteiger partial charge in [0, 0.05) is 0 Å². The summed E-state index contributed by atoms with van der Waals surface area (Å²) in [4.78, 5) is 0. The molecule has 106 valence electrons. The molecule has 0 aromatic carbocycles. The molecule has 2 aliphatic rings. The van der Waals surface area contributed by atoms with Crippen molar-refractivity contribution in [1.82, 2.24) is 0 Å². The van der Waals surface area contributed by atoms with Crippen molar-refractivity contribution >= 4 is 0 Å². The van der Waals surface area contributed by atoms with Crippen LogP contribution < -0.4 is 0 Å². The van der Waals surface area contributed by atoms with Crippen LogP contribution in [0.4, 0.5) is 0 Å². The Labute approximate surface area is 112 Å². The van der Waals surface area contributed by atoms with Crippen LogP contribution in [0.2, 0.25) is 0 Å². The lowest BCUT2D eigenvalue weighted by Crippen LogP contribution is -2.34. The zero-order valence-corrected chi connectivity index (χ0v) is 12.5. The Morgan fingerprint density at radius 3 is 2.50 bits per heavy atom. The molecule has 4 unspecified atom stereocenters. The molecule has 0 spiro atoms. The van der Waals surface area contributed by atoms with Gasteiger partial charge in [-0.3, -0.25) is 0 Å². The average molecular weight is 254 g/mol. The highest BCUT2D eigenvalue weighted by atomic mass is 16.5. The van der Waals surface area contributed by atoms with Crippen molar-refractivity contribution in [1.29, 1.82) is 0 Å². The van der Waals surface area contributed by atoms with Crippen LogP contribution in [0.25, 0.3) is 0 Å². The van der Waals surface area contributed by atoms with E-state index in [2.05, 4.69) is 27.7 Å².